The number of phenolic OH excluding ortho intramolecular Hbond substituents is 1. The number of hydrogen-bond donors (Lipinski definition) is 2. The smallest absolute Gasteiger partial charge is 0.328 e. The average Bonchev–Trinajstić information content (AvgIpc) is 2.68. The van der Waals surface area contributed by atoms with Crippen LogP contribution in [0.15, 0.2) is 30.4 Å². The van der Waals surface area contributed by atoms with Gasteiger partial charge >= 0.3 is 5.97 Å². The van der Waals surface area contributed by atoms with Crippen molar-refractivity contribution >= 4 is 12.0 Å². The molecular formula is C14H14O4. The van der Waals surface area contributed by atoms with E-state index in [-0.39, 0.29) is 11.9 Å². The Hall–Kier alpha value is -2.23. The molecule has 0 amide bonds. The van der Waals surface area contributed by atoms with Crippen LogP contribution >= 0.6 is 0 Å². The molecule has 0 saturated heterocycles. The van der Waals surface area contributed by atoms with E-state index in [0.717, 1.165) is 17.2 Å². The van der Waals surface area contributed by atoms with Gasteiger partial charge in [-0.2, -0.15) is 0 Å². The predicted molar refractivity (Wildman–Crippen MR) is 67.7 cm³/mol. The number of phenols is 1. The van der Waals surface area contributed by atoms with Crippen LogP contribution in [0.1, 0.15) is 18.1 Å². The number of benzene rings is 1. The zero-order valence-electron chi connectivity index (χ0n) is 10.0. The summed E-state index contributed by atoms with van der Waals surface area (Å²) in [6.45, 7) is 5.74. The van der Waals surface area contributed by atoms with E-state index < -0.39 is 5.97 Å². The number of rotatable bonds is 3. The fourth-order valence-electron chi connectivity index (χ4n) is 1.87. The monoisotopic (exact) mass is 246 g/mol. The van der Waals surface area contributed by atoms with Gasteiger partial charge < -0.3 is 14.9 Å². The number of carboxylic acid groups (broad SMARTS) is 1. The first-order valence-corrected chi connectivity index (χ1v) is 5.56. The van der Waals surface area contributed by atoms with Gasteiger partial charge in [0.15, 0.2) is 0 Å². The lowest BCUT2D eigenvalue weighted by Crippen LogP contribution is -2.13. The summed E-state index contributed by atoms with van der Waals surface area (Å²) in [7, 11) is 0. The Kier molecular flexibility index (Phi) is 3.10. The summed E-state index contributed by atoms with van der Waals surface area (Å²) in [5.41, 5.74) is 2.35. The third-order valence-corrected chi connectivity index (χ3v) is 2.84. The average molecular weight is 246 g/mol. The number of ether oxygens (including phenoxy) is 1. The first-order valence-electron chi connectivity index (χ1n) is 5.56. The van der Waals surface area contributed by atoms with Crippen molar-refractivity contribution in [2.75, 3.05) is 0 Å². The van der Waals surface area contributed by atoms with Gasteiger partial charge in [0.1, 0.15) is 17.6 Å². The molecule has 94 valence electrons. The van der Waals surface area contributed by atoms with E-state index in [1.54, 1.807) is 6.07 Å². The zero-order chi connectivity index (χ0) is 13.3. The molecule has 4 nitrogen and oxygen atoms in total. The van der Waals surface area contributed by atoms with E-state index in [4.69, 9.17) is 9.84 Å². The molecule has 0 saturated carbocycles. The van der Waals surface area contributed by atoms with Crippen molar-refractivity contribution in [3.8, 4) is 11.5 Å². The number of hydrogen-bond acceptors (Lipinski definition) is 3. The fourth-order valence-corrected chi connectivity index (χ4v) is 1.87. The highest BCUT2D eigenvalue weighted by molar-refractivity contribution is 5.86. The van der Waals surface area contributed by atoms with Crippen molar-refractivity contribution in [3.05, 3.63) is 41.5 Å². The Morgan fingerprint density at radius 2 is 2.28 bits per heavy atom. The molecule has 18 heavy (non-hydrogen) atoms. The summed E-state index contributed by atoms with van der Waals surface area (Å²) < 4.78 is 5.63. The number of carboxylic acids is 1. The van der Waals surface area contributed by atoms with Crippen LogP contribution in [0, 0.1) is 0 Å². The highest BCUT2D eigenvalue weighted by Crippen LogP contribution is 2.36. The van der Waals surface area contributed by atoms with Gasteiger partial charge in [-0.25, -0.2) is 4.79 Å². The van der Waals surface area contributed by atoms with Gasteiger partial charge in [0, 0.05) is 24.1 Å². The summed E-state index contributed by atoms with van der Waals surface area (Å²) in [6, 6.07) is 3.26. The largest absolute Gasteiger partial charge is 0.507 e. The molecule has 0 fully saturated rings. The maximum absolute atomic E-state index is 10.5. The van der Waals surface area contributed by atoms with E-state index in [2.05, 4.69) is 6.58 Å². The molecule has 1 unspecified atom stereocenters. The molecule has 0 bridgehead atoms. The minimum Gasteiger partial charge on any atom is -0.507 e. The number of aromatic hydroxyl groups is 1. The third-order valence-electron chi connectivity index (χ3n) is 2.84. The summed E-state index contributed by atoms with van der Waals surface area (Å²) >= 11 is 0. The zero-order valence-corrected chi connectivity index (χ0v) is 10.0. The maximum Gasteiger partial charge on any atom is 0.328 e. The van der Waals surface area contributed by atoms with Crippen LogP contribution in [0.25, 0.3) is 6.08 Å². The Morgan fingerprint density at radius 3 is 2.89 bits per heavy atom. The van der Waals surface area contributed by atoms with Crippen molar-refractivity contribution in [2.24, 2.45) is 0 Å². The van der Waals surface area contributed by atoms with Crippen LogP contribution in [0.2, 0.25) is 0 Å². The fraction of sp³-hybridized carbons (Fsp3) is 0.214. The van der Waals surface area contributed by atoms with Crippen LogP contribution in [0.3, 0.4) is 0 Å². The lowest BCUT2D eigenvalue weighted by Gasteiger charge is -2.09. The Balaban J connectivity index is 2.31. The second kappa shape index (κ2) is 4.56. The summed E-state index contributed by atoms with van der Waals surface area (Å²) in [4.78, 5) is 10.5. The Bertz CT molecular complexity index is 543. The Morgan fingerprint density at radius 1 is 1.56 bits per heavy atom. The molecule has 1 aromatic carbocycles. The van der Waals surface area contributed by atoms with E-state index >= 15 is 0 Å². The van der Waals surface area contributed by atoms with Crippen molar-refractivity contribution in [2.45, 2.75) is 19.4 Å². The van der Waals surface area contributed by atoms with Crippen LogP contribution in [0.4, 0.5) is 0 Å². The molecule has 0 aliphatic carbocycles. The highest BCUT2D eigenvalue weighted by atomic mass is 16.5. The number of fused-ring (bicyclic) bond motifs is 1. The second-order valence-corrected chi connectivity index (χ2v) is 4.35. The minimum absolute atomic E-state index is 0.00798. The van der Waals surface area contributed by atoms with Gasteiger partial charge in [-0.15, -0.1) is 0 Å². The van der Waals surface area contributed by atoms with Crippen LogP contribution in [0.5, 0.6) is 11.5 Å². The first kappa shape index (κ1) is 12.2. The van der Waals surface area contributed by atoms with Crippen molar-refractivity contribution in [1.82, 2.24) is 0 Å². The quantitative estimate of drug-likeness (QED) is 0.634. The van der Waals surface area contributed by atoms with Crippen molar-refractivity contribution in [3.63, 3.8) is 0 Å². The van der Waals surface area contributed by atoms with Crippen LogP contribution in [-0.2, 0) is 11.2 Å². The number of carbonyl (C=O) groups is 1. The summed E-state index contributed by atoms with van der Waals surface area (Å²) in [5.74, 6) is -0.410. The van der Waals surface area contributed by atoms with Crippen molar-refractivity contribution < 1.29 is 19.7 Å². The lowest BCUT2D eigenvalue weighted by molar-refractivity contribution is -0.131. The van der Waals surface area contributed by atoms with Crippen molar-refractivity contribution in [1.29, 1.82) is 0 Å². The standard InChI is InChI=1S/C14H14O4/c1-8(2)12-6-10-5-9(3-4-14(16)17)11(15)7-13(10)18-12/h3-5,7,12,15H,1,6H2,2H3,(H,16,17)/b4-3+. The second-order valence-electron chi connectivity index (χ2n) is 4.35. The lowest BCUT2D eigenvalue weighted by atomic mass is 10.0. The van der Waals surface area contributed by atoms with Gasteiger partial charge in [0.2, 0.25) is 0 Å². The molecule has 0 spiro atoms. The molecule has 1 atom stereocenters. The normalized spacial score (nSPS) is 17.5. The third kappa shape index (κ3) is 2.37. The van der Waals surface area contributed by atoms with Crippen LogP contribution < -0.4 is 4.74 Å². The molecule has 0 aromatic heterocycles. The Labute approximate surface area is 105 Å². The minimum atomic E-state index is -1.05. The van der Waals surface area contributed by atoms with Gasteiger partial charge in [0.25, 0.3) is 0 Å². The molecular weight excluding hydrogens is 232 g/mol. The van der Waals surface area contributed by atoms with Gasteiger partial charge in [-0.05, 0) is 30.2 Å². The molecule has 2 N–H and O–H groups in total. The number of aliphatic carboxylic acids is 1. The van der Waals surface area contributed by atoms with Crippen LogP contribution in [-0.4, -0.2) is 22.3 Å². The van der Waals surface area contributed by atoms with Gasteiger partial charge in [-0.1, -0.05) is 6.58 Å². The first-order chi connectivity index (χ1) is 8.47. The molecule has 1 aliphatic rings. The van der Waals surface area contributed by atoms with E-state index in [1.165, 1.54) is 12.1 Å². The van der Waals surface area contributed by atoms with E-state index in [0.29, 0.717) is 17.7 Å². The molecule has 4 heteroatoms. The molecule has 0 radical (unpaired) electrons. The molecule has 2 rings (SSSR count). The molecule has 1 aromatic rings. The predicted octanol–water partition coefficient (Wildman–Crippen LogP) is 2.37. The molecule has 1 heterocycles. The summed E-state index contributed by atoms with van der Waals surface area (Å²) in [6.07, 6.45) is 2.98. The van der Waals surface area contributed by atoms with E-state index in [9.17, 15) is 9.90 Å². The molecule has 1 aliphatic heterocycles. The summed E-state index contributed by atoms with van der Waals surface area (Å²) in [5, 5.41) is 18.3. The SMILES string of the molecule is C=C(C)C1Cc2cc(/C=C/C(=O)O)c(O)cc2O1. The maximum atomic E-state index is 10.5. The van der Waals surface area contributed by atoms with E-state index in [1.807, 2.05) is 6.92 Å². The highest BCUT2D eigenvalue weighted by Gasteiger charge is 2.24. The van der Waals surface area contributed by atoms with Gasteiger partial charge in [-0.3, -0.25) is 0 Å². The topological polar surface area (TPSA) is 66.8 Å². The van der Waals surface area contributed by atoms with Gasteiger partial charge in [0.05, 0.1) is 0 Å².